The largest absolute Gasteiger partial charge is 0.491 e. The van der Waals surface area contributed by atoms with E-state index in [9.17, 15) is 33.4 Å². The smallest absolute Gasteiger partial charge is 0.443 e. The summed E-state index contributed by atoms with van der Waals surface area (Å²) in [5.41, 5.74) is 1.78. The van der Waals surface area contributed by atoms with E-state index in [0.29, 0.717) is 12.1 Å². The molecule has 0 unspecified atom stereocenters. The first kappa shape index (κ1) is 28.6. The molecule has 14 heteroatoms. The van der Waals surface area contributed by atoms with Gasteiger partial charge >= 0.3 is 21.4 Å². The summed E-state index contributed by atoms with van der Waals surface area (Å²) in [5.74, 6) is -1.47. The van der Waals surface area contributed by atoms with Gasteiger partial charge in [0.2, 0.25) is 0 Å². The molecule has 0 fully saturated rings. The van der Waals surface area contributed by atoms with Crippen LogP contribution in [0.4, 0.5) is 13.2 Å². The zero-order valence-electron chi connectivity index (χ0n) is 18.2. The fourth-order valence-electron chi connectivity index (χ4n) is 3.37. The molecule has 0 atom stereocenters. The third-order valence-corrected chi connectivity index (χ3v) is 5.11. The highest BCUT2D eigenvalue weighted by molar-refractivity contribution is 6.73. The summed E-state index contributed by atoms with van der Waals surface area (Å²) in [6, 6.07) is 10.9. The average molecular weight is 492 g/mol. The third-order valence-electron chi connectivity index (χ3n) is 5.11. The van der Waals surface area contributed by atoms with Crippen molar-refractivity contribution in [1.29, 1.82) is 0 Å². The molecule has 4 rings (SSSR count). The number of halogens is 3. The fourth-order valence-corrected chi connectivity index (χ4v) is 3.37. The fraction of sp³-hybridized carbons (Fsp3) is 0.143. The summed E-state index contributed by atoms with van der Waals surface area (Å²) in [7, 11) is -4.17. The predicted molar refractivity (Wildman–Crippen MR) is 123 cm³/mol. The van der Waals surface area contributed by atoms with E-state index in [0.717, 1.165) is 29.8 Å². The zero-order chi connectivity index (χ0) is 24.8. The highest BCUT2D eigenvalue weighted by atomic mass is 19.1. The Hall–Kier alpha value is -2.68. The molecule has 0 saturated carbocycles. The summed E-state index contributed by atoms with van der Waals surface area (Å²) in [6.07, 6.45) is 0. The highest BCUT2D eigenvalue weighted by Crippen LogP contribution is 2.10. The molecule has 8 nitrogen and oxygen atoms in total. The van der Waals surface area contributed by atoms with Gasteiger partial charge in [0.05, 0.1) is 19.8 Å². The van der Waals surface area contributed by atoms with Gasteiger partial charge in [-0.25, -0.2) is 13.2 Å². The minimum absolute atomic E-state index is 0. The average Bonchev–Trinajstić information content (AvgIpc) is 3.18. The van der Waals surface area contributed by atoms with Crippen LogP contribution in [0.1, 0.15) is 16.7 Å². The van der Waals surface area contributed by atoms with Gasteiger partial charge in [0.15, 0.2) is 0 Å². The number of rotatable bonds is 6. The maximum atomic E-state index is 13.1. The molecule has 0 aliphatic carbocycles. The SMILES string of the molecule is O.OB1OCc2cc(F)ccc21.OCc1cc(F)ccc1B(O)OB(O)c1ccc(F)cc1CO. The quantitative estimate of drug-likeness (QED) is 0.257. The van der Waals surface area contributed by atoms with E-state index >= 15 is 0 Å². The summed E-state index contributed by atoms with van der Waals surface area (Å²) in [5, 5.41) is 47.5. The van der Waals surface area contributed by atoms with Gasteiger partial charge in [-0.3, -0.25) is 0 Å². The van der Waals surface area contributed by atoms with Crippen LogP contribution in [0, 0.1) is 17.5 Å². The van der Waals surface area contributed by atoms with Crippen LogP contribution in [0.15, 0.2) is 54.6 Å². The van der Waals surface area contributed by atoms with Crippen LogP contribution in [0.25, 0.3) is 0 Å². The Morgan fingerprint density at radius 3 is 1.74 bits per heavy atom. The molecule has 0 amide bonds. The molecule has 0 saturated heterocycles. The van der Waals surface area contributed by atoms with Crippen LogP contribution in [-0.4, -0.2) is 52.1 Å². The van der Waals surface area contributed by atoms with Gasteiger partial charge in [-0.1, -0.05) is 18.2 Å². The van der Waals surface area contributed by atoms with Crippen molar-refractivity contribution in [3.05, 3.63) is 88.7 Å². The first-order valence-electron chi connectivity index (χ1n) is 10.1. The number of aliphatic hydroxyl groups excluding tert-OH is 2. The Morgan fingerprint density at radius 2 is 1.26 bits per heavy atom. The number of benzene rings is 3. The molecular weight excluding hydrogens is 470 g/mol. The van der Waals surface area contributed by atoms with Crippen molar-refractivity contribution in [2.45, 2.75) is 19.8 Å². The number of fused-ring (bicyclic) bond motifs is 1. The van der Waals surface area contributed by atoms with Crippen molar-refractivity contribution in [2.75, 3.05) is 0 Å². The number of aliphatic hydroxyl groups is 2. The van der Waals surface area contributed by atoms with Crippen LogP contribution < -0.4 is 16.4 Å². The van der Waals surface area contributed by atoms with Crippen molar-refractivity contribution in [3.63, 3.8) is 0 Å². The maximum absolute atomic E-state index is 13.1. The second kappa shape index (κ2) is 12.9. The van der Waals surface area contributed by atoms with E-state index in [1.165, 1.54) is 24.3 Å². The lowest BCUT2D eigenvalue weighted by atomic mass is 9.69. The van der Waals surface area contributed by atoms with Crippen LogP contribution >= 0.6 is 0 Å². The minimum atomic E-state index is -1.65. The van der Waals surface area contributed by atoms with Crippen LogP contribution in [0.3, 0.4) is 0 Å². The van der Waals surface area contributed by atoms with Crippen LogP contribution in [0.5, 0.6) is 0 Å². The number of hydrogen-bond acceptors (Lipinski definition) is 7. The Bertz CT molecular complexity index is 1080. The number of hydrogen-bond donors (Lipinski definition) is 5. The molecular formula is C21H22B3F3O8. The summed E-state index contributed by atoms with van der Waals surface area (Å²) >= 11 is 0. The maximum Gasteiger partial charge on any atom is 0.491 e. The molecule has 1 heterocycles. The van der Waals surface area contributed by atoms with Gasteiger partial charge in [-0.2, -0.15) is 0 Å². The van der Waals surface area contributed by atoms with Gasteiger partial charge < -0.3 is 40.0 Å². The minimum Gasteiger partial charge on any atom is -0.443 e. The molecule has 0 radical (unpaired) electrons. The molecule has 35 heavy (non-hydrogen) atoms. The lowest BCUT2D eigenvalue weighted by molar-refractivity contribution is 0.275. The monoisotopic (exact) mass is 492 g/mol. The molecule has 1 aliphatic rings. The normalized spacial score (nSPS) is 11.8. The second-order valence-electron chi connectivity index (χ2n) is 7.35. The van der Waals surface area contributed by atoms with Crippen LogP contribution in [0.2, 0.25) is 0 Å². The highest BCUT2D eigenvalue weighted by Gasteiger charge is 2.29. The molecule has 7 N–H and O–H groups in total. The zero-order valence-corrected chi connectivity index (χ0v) is 18.2. The van der Waals surface area contributed by atoms with E-state index in [4.69, 9.17) is 14.3 Å². The van der Waals surface area contributed by atoms with Crippen molar-refractivity contribution in [3.8, 4) is 0 Å². The lowest BCUT2D eigenvalue weighted by Crippen LogP contribution is -2.47. The Labute approximate surface area is 199 Å². The van der Waals surface area contributed by atoms with Gasteiger partial charge in [-0.05, 0) is 69.5 Å². The molecule has 3 aromatic rings. The lowest BCUT2D eigenvalue weighted by Gasteiger charge is -2.16. The molecule has 1 aliphatic heterocycles. The third kappa shape index (κ3) is 7.16. The first-order chi connectivity index (χ1) is 16.2. The Morgan fingerprint density at radius 1 is 0.800 bits per heavy atom. The Kier molecular flexibility index (Phi) is 10.5. The van der Waals surface area contributed by atoms with E-state index in [1.807, 2.05) is 0 Å². The van der Waals surface area contributed by atoms with Crippen molar-refractivity contribution >= 4 is 37.7 Å². The van der Waals surface area contributed by atoms with Crippen molar-refractivity contribution in [1.82, 2.24) is 0 Å². The van der Waals surface area contributed by atoms with Crippen molar-refractivity contribution < 1.29 is 53.2 Å². The van der Waals surface area contributed by atoms with Gasteiger partial charge in [0.1, 0.15) is 17.5 Å². The van der Waals surface area contributed by atoms with Gasteiger partial charge in [0, 0.05) is 0 Å². The molecule has 184 valence electrons. The topological polar surface area (TPSA) is 151 Å². The summed E-state index contributed by atoms with van der Waals surface area (Å²) < 4.78 is 48.7. The van der Waals surface area contributed by atoms with E-state index in [-0.39, 0.29) is 33.3 Å². The van der Waals surface area contributed by atoms with E-state index in [2.05, 4.69) is 0 Å². The molecule has 0 spiro atoms. The Balaban J connectivity index is 0.000000300. The van der Waals surface area contributed by atoms with Crippen molar-refractivity contribution in [2.24, 2.45) is 0 Å². The predicted octanol–water partition coefficient (Wildman–Crippen LogP) is -1.74. The standard InChI is InChI=1S/C14H14B2F2O5.C7H6BFO2.H2O/c17-11-1-3-13(9(5-11)7-19)15(21)23-16(22)14-4-2-12(18)6-10(14)8-20;9-6-1-2-7-5(3-6)4-11-8(7)10;/h1-6,19-22H,7-8H2;1-3,10H,4H2;1H2. The van der Waals surface area contributed by atoms with Gasteiger partial charge in [0.25, 0.3) is 0 Å². The molecule has 0 aromatic heterocycles. The second-order valence-corrected chi connectivity index (χ2v) is 7.35. The first-order valence-corrected chi connectivity index (χ1v) is 10.1. The summed E-state index contributed by atoms with van der Waals surface area (Å²) in [6.45, 7) is -0.752. The summed E-state index contributed by atoms with van der Waals surface area (Å²) in [4.78, 5) is 0. The molecule has 0 bridgehead atoms. The van der Waals surface area contributed by atoms with Gasteiger partial charge in [-0.15, -0.1) is 0 Å². The van der Waals surface area contributed by atoms with E-state index in [1.54, 1.807) is 6.07 Å². The van der Waals surface area contributed by atoms with Crippen LogP contribution in [-0.2, 0) is 29.0 Å². The van der Waals surface area contributed by atoms with E-state index < -0.39 is 46.2 Å². The molecule has 3 aromatic carbocycles.